The molecule has 6 heteroatoms. The van der Waals surface area contributed by atoms with Crippen molar-refractivity contribution < 1.29 is 0 Å². The van der Waals surface area contributed by atoms with E-state index < -0.39 is 0 Å². The third kappa shape index (κ3) is 2.88. The molecule has 0 spiro atoms. The normalized spacial score (nSPS) is 10.1. The van der Waals surface area contributed by atoms with Crippen molar-refractivity contribution in [3.8, 4) is 0 Å². The fourth-order valence-corrected chi connectivity index (χ4v) is 1.76. The van der Waals surface area contributed by atoms with Gasteiger partial charge in [-0.05, 0) is 0 Å². The molecule has 78 valence electrons. The first kappa shape index (κ1) is 9.85. The molecule has 5 nitrogen and oxygen atoms in total. The molecule has 2 aromatic rings. The molecule has 0 amide bonds. The van der Waals surface area contributed by atoms with Crippen molar-refractivity contribution in [3.05, 3.63) is 29.0 Å². The molecule has 0 aliphatic rings. The molecule has 0 unspecified atom stereocenters. The van der Waals surface area contributed by atoms with Crippen molar-refractivity contribution in [2.75, 3.05) is 17.6 Å². The highest BCUT2D eigenvalue weighted by Gasteiger charge is 1.97. The first-order valence-electron chi connectivity index (χ1n) is 4.54. The summed E-state index contributed by atoms with van der Waals surface area (Å²) >= 11 is 1.65. The molecule has 0 aliphatic heterocycles. The Labute approximate surface area is 91.4 Å². The first-order valence-corrected chi connectivity index (χ1v) is 5.42. The van der Waals surface area contributed by atoms with Crippen LogP contribution in [-0.2, 0) is 6.42 Å². The second-order valence-corrected chi connectivity index (χ2v) is 3.91. The molecule has 15 heavy (non-hydrogen) atoms. The summed E-state index contributed by atoms with van der Waals surface area (Å²) in [7, 11) is 0. The maximum Gasteiger partial charge on any atom is 0.146 e. The molecule has 0 radical (unpaired) electrons. The molecule has 0 bridgehead atoms. The van der Waals surface area contributed by atoms with Gasteiger partial charge < -0.3 is 11.1 Å². The fraction of sp³-hybridized carbons (Fsp3) is 0.222. The predicted octanol–water partition coefficient (Wildman–Crippen LogP) is 1.17. The first-order chi connectivity index (χ1) is 7.34. The van der Waals surface area contributed by atoms with Gasteiger partial charge in [0.25, 0.3) is 0 Å². The molecule has 0 aromatic carbocycles. The smallest absolute Gasteiger partial charge is 0.146 e. The van der Waals surface area contributed by atoms with Crippen LogP contribution in [0.25, 0.3) is 0 Å². The van der Waals surface area contributed by atoms with Gasteiger partial charge in [0.2, 0.25) is 0 Å². The lowest BCUT2D eigenvalue weighted by Gasteiger charge is -2.03. The van der Waals surface area contributed by atoms with E-state index >= 15 is 0 Å². The average molecular weight is 221 g/mol. The topological polar surface area (TPSA) is 76.7 Å². The van der Waals surface area contributed by atoms with Crippen LogP contribution < -0.4 is 11.1 Å². The largest absolute Gasteiger partial charge is 0.382 e. The predicted molar refractivity (Wildman–Crippen MR) is 60.8 cm³/mol. The Kier molecular flexibility index (Phi) is 3.08. The van der Waals surface area contributed by atoms with Crippen LogP contribution in [0.5, 0.6) is 0 Å². The zero-order valence-corrected chi connectivity index (χ0v) is 8.87. The molecule has 2 aromatic heterocycles. The van der Waals surface area contributed by atoms with Crippen LogP contribution in [0.15, 0.2) is 24.0 Å². The van der Waals surface area contributed by atoms with Gasteiger partial charge in [-0.1, -0.05) is 0 Å². The van der Waals surface area contributed by atoms with Crippen molar-refractivity contribution in [2.24, 2.45) is 0 Å². The number of hydrogen-bond acceptors (Lipinski definition) is 6. The molecule has 0 aliphatic carbocycles. The van der Waals surface area contributed by atoms with Gasteiger partial charge in [0.15, 0.2) is 0 Å². The van der Waals surface area contributed by atoms with Crippen LogP contribution in [0.4, 0.5) is 11.6 Å². The Balaban J connectivity index is 1.83. The van der Waals surface area contributed by atoms with Crippen molar-refractivity contribution in [2.45, 2.75) is 6.42 Å². The monoisotopic (exact) mass is 221 g/mol. The van der Waals surface area contributed by atoms with Gasteiger partial charge in [0.05, 0.1) is 17.4 Å². The van der Waals surface area contributed by atoms with Crippen LogP contribution in [0.1, 0.15) is 5.01 Å². The number of nitrogens with zero attached hydrogens (tertiary/aromatic N) is 3. The SMILES string of the molecule is Nc1cncc(NCCc2nccs2)n1. The van der Waals surface area contributed by atoms with E-state index in [1.54, 1.807) is 23.7 Å². The summed E-state index contributed by atoms with van der Waals surface area (Å²) in [6, 6.07) is 0. The van der Waals surface area contributed by atoms with Gasteiger partial charge in [-0.25, -0.2) is 9.97 Å². The van der Waals surface area contributed by atoms with E-state index in [9.17, 15) is 0 Å². The van der Waals surface area contributed by atoms with E-state index in [-0.39, 0.29) is 0 Å². The average Bonchev–Trinajstić information content (AvgIpc) is 2.71. The summed E-state index contributed by atoms with van der Waals surface area (Å²) in [6.07, 6.45) is 5.86. The van der Waals surface area contributed by atoms with E-state index in [0.717, 1.165) is 18.0 Å². The van der Waals surface area contributed by atoms with Crippen LogP contribution in [0, 0.1) is 0 Å². The third-order valence-corrected chi connectivity index (χ3v) is 2.62. The van der Waals surface area contributed by atoms with Crippen LogP contribution >= 0.6 is 11.3 Å². The molecular formula is C9H11N5S. The molecule has 0 fully saturated rings. The molecule has 2 rings (SSSR count). The summed E-state index contributed by atoms with van der Waals surface area (Å²) in [4.78, 5) is 12.2. The number of nitrogen functional groups attached to an aromatic ring is 1. The zero-order valence-electron chi connectivity index (χ0n) is 8.05. The van der Waals surface area contributed by atoms with E-state index in [4.69, 9.17) is 5.73 Å². The van der Waals surface area contributed by atoms with Gasteiger partial charge in [-0.3, -0.25) is 4.98 Å². The highest BCUT2D eigenvalue weighted by molar-refractivity contribution is 7.09. The summed E-state index contributed by atoms with van der Waals surface area (Å²) < 4.78 is 0. The van der Waals surface area contributed by atoms with E-state index in [1.165, 1.54) is 6.20 Å². The third-order valence-electron chi connectivity index (χ3n) is 1.78. The second-order valence-electron chi connectivity index (χ2n) is 2.93. The Morgan fingerprint density at radius 2 is 2.33 bits per heavy atom. The van der Waals surface area contributed by atoms with Crippen LogP contribution in [0.3, 0.4) is 0 Å². The Hall–Kier alpha value is -1.69. The summed E-state index contributed by atoms with van der Waals surface area (Å²) in [5.74, 6) is 1.13. The van der Waals surface area contributed by atoms with Gasteiger partial charge in [-0.2, -0.15) is 0 Å². The highest BCUT2D eigenvalue weighted by atomic mass is 32.1. The van der Waals surface area contributed by atoms with Gasteiger partial charge >= 0.3 is 0 Å². The summed E-state index contributed by atoms with van der Waals surface area (Å²) in [6.45, 7) is 0.783. The standard InChI is InChI=1S/C9H11N5S/c10-7-5-11-6-8(14-7)12-2-1-9-13-3-4-15-9/h3-6H,1-2H2,(H3,10,12,14). The Morgan fingerprint density at radius 1 is 1.40 bits per heavy atom. The number of nitrogens with one attached hydrogen (secondary N) is 1. The van der Waals surface area contributed by atoms with Crippen LogP contribution in [-0.4, -0.2) is 21.5 Å². The minimum atomic E-state index is 0.425. The zero-order chi connectivity index (χ0) is 10.5. The summed E-state index contributed by atoms with van der Waals surface area (Å²) in [5.41, 5.74) is 5.50. The molecule has 0 saturated carbocycles. The maximum atomic E-state index is 5.50. The van der Waals surface area contributed by atoms with E-state index in [0.29, 0.717) is 11.6 Å². The van der Waals surface area contributed by atoms with E-state index in [2.05, 4.69) is 20.3 Å². The van der Waals surface area contributed by atoms with Crippen molar-refractivity contribution in [1.82, 2.24) is 15.0 Å². The van der Waals surface area contributed by atoms with Gasteiger partial charge in [-0.15, -0.1) is 11.3 Å². The van der Waals surface area contributed by atoms with Gasteiger partial charge in [0, 0.05) is 24.5 Å². The lowest BCUT2D eigenvalue weighted by atomic mass is 10.4. The Morgan fingerprint density at radius 3 is 3.07 bits per heavy atom. The number of hydrogen-bond donors (Lipinski definition) is 2. The van der Waals surface area contributed by atoms with Crippen molar-refractivity contribution >= 4 is 23.0 Å². The summed E-state index contributed by atoms with van der Waals surface area (Å²) in [5, 5.41) is 6.22. The molecule has 3 N–H and O–H groups in total. The highest BCUT2D eigenvalue weighted by Crippen LogP contribution is 2.06. The molecule has 2 heterocycles. The van der Waals surface area contributed by atoms with Gasteiger partial charge in [0.1, 0.15) is 11.6 Å². The second kappa shape index (κ2) is 4.70. The number of rotatable bonds is 4. The lowest BCUT2D eigenvalue weighted by Crippen LogP contribution is -2.07. The molecular weight excluding hydrogens is 210 g/mol. The van der Waals surface area contributed by atoms with E-state index in [1.807, 2.05) is 5.38 Å². The van der Waals surface area contributed by atoms with Crippen molar-refractivity contribution in [1.29, 1.82) is 0 Å². The number of thiazole rings is 1. The minimum absolute atomic E-state index is 0.425. The number of aromatic nitrogens is 3. The van der Waals surface area contributed by atoms with Crippen molar-refractivity contribution in [3.63, 3.8) is 0 Å². The molecule has 0 atom stereocenters. The lowest BCUT2D eigenvalue weighted by molar-refractivity contribution is 0.983. The maximum absolute atomic E-state index is 5.50. The number of anilines is 2. The molecule has 0 saturated heterocycles. The van der Waals surface area contributed by atoms with Crippen LogP contribution in [0.2, 0.25) is 0 Å². The minimum Gasteiger partial charge on any atom is -0.382 e. The number of nitrogens with two attached hydrogens (primary N) is 1. The Bertz CT molecular complexity index is 414. The quantitative estimate of drug-likeness (QED) is 0.810. The fourth-order valence-electron chi connectivity index (χ4n) is 1.14.